The Hall–Kier alpha value is -0.990. The van der Waals surface area contributed by atoms with Crippen LogP contribution in [0.15, 0.2) is 52.8 Å². The topological polar surface area (TPSA) is 9.23 Å². The lowest BCUT2D eigenvalue weighted by Gasteiger charge is -2.10. The van der Waals surface area contributed by atoms with Gasteiger partial charge < -0.3 is 4.18 Å². The molecular weight excluding hydrogens is 192 g/mol. The lowest BCUT2D eigenvalue weighted by Crippen LogP contribution is -1.86. The predicted octanol–water partition coefficient (Wildman–Crippen LogP) is 3.55. The van der Waals surface area contributed by atoms with Crippen molar-refractivity contribution < 1.29 is 4.18 Å². The summed E-state index contributed by atoms with van der Waals surface area (Å²) in [5.41, 5.74) is 2.55. The maximum absolute atomic E-state index is 5.76. The Labute approximate surface area is 87.6 Å². The van der Waals surface area contributed by atoms with E-state index in [9.17, 15) is 0 Å². The molecule has 1 aliphatic heterocycles. The maximum atomic E-state index is 5.76. The Balaban J connectivity index is 1.87. The van der Waals surface area contributed by atoms with Crippen molar-refractivity contribution in [2.45, 2.75) is 13.5 Å². The molecule has 1 aromatic rings. The normalized spacial score (nSPS) is 22.4. The summed E-state index contributed by atoms with van der Waals surface area (Å²) in [6.45, 7) is 2.81. The number of benzene rings is 1. The minimum absolute atomic E-state index is 0.451. The van der Waals surface area contributed by atoms with Gasteiger partial charge in [0.05, 0.1) is 6.61 Å². The van der Waals surface area contributed by atoms with Crippen LogP contribution in [0.2, 0.25) is 0 Å². The van der Waals surface area contributed by atoms with Gasteiger partial charge in [-0.3, -0.25) is 0 Å². The average molecular weight is 206 g/mol. The Bertz CT molecular complexity index is 354. The number of allylic oxidation sites excluding steroid dienone is 2. The van der Waals surface area contributed by atoms with Gasteiger partial charge in [0.1, 0.15) is 0 Å². The van der Waals surface area contributed by atoms with Gasteiger partial charge in [-0.15, -0.1) is 11.2 Å². The molecule has 0 spiro atoms. The summed E-state index contributed by atoms with van der Waals surface area (Å²) in [5.74, 6) is 0. The molecule has 0 saturated heterocycles. The van der Waals surface area contributed by atoms with Crippen LogP contribution in [0.5, 0.6) is 0 Å². The van der Waals surface area contributed by atoms with Gasteiger partial charge in [0.15, 0.2) is 0 Å². The van der Waals surface area contributed by atoms with Crippen molar-refractivity contribution in [3.05, 3.63) is 58.4 Å². The predicted molar refractivity (Wildman–Crippen MR) is 63.1 cm³/mol. The van der Waals surface area contributed by atoms with Crippen LogP contribution >= 0.6 is 11.2 Å². The summed E-state index contributed by atoms with van der Waals surface area (Å²) < 4.78 is 5.76. The van der Waals surface area contributed by atoms with E-state index in [4.69, 9.17) is 4.18 Å². The zero-order valence-corrected chi connectivity index (χ0v) is 9.08. The van der Waals surface area contributed by atoms with Crippen molar-refractivity contribution in [2.24, 2.45) is 0 Å². The Kier molecular flexibility index (Phi) is 3.07. The van der Waals surface area contributed by atoms with Gasteiger partial charge in [0, 0.05) is 0 Å². The van der Waals surface area contributed by atoms with E-state index < -0.39 is 11.2 Å². The van der Waals surface area contributed by atoms with Gasteiger partial charge in [0.2, 0.25) is 0 Å². The van der Waals surface area contributed by atoms with Crippen molar-refractivity contribution in [2.75, 3.05) is 0 Å². The lowest BCUT2D eigenvalue weighted by atomic mass is 10.2. The molecule has 1 aliphatic rings. The quantitative estimate of drug-likeness (QED) is 0.744. The molecule has 1 heterocycles. The lowest BCUT2D eigenvalue weighted by molar-refractivity contribution is 0.362. The van der Waals surface area contributed by atoms with E-state index in [2.05, 4.69) is 35.9 Å². The van der Waals surface area contributed by atoms with Crippen molar-refractivity contribution in [1.29, 1.82) is 0 Å². The van der Waals surface area contributed by atoms with Crippen molar-refractivity contribution in [3.63, 3.8) is 0 Å². The molecule has 0 aromatic heterocycles. The van der Waals surface area contributed by atoms with Gasteiger partial charge in [0.25, 0.3) is 0 Å². The van der Waals surface area contributed by atoms with Crippen LogP contribution in [0.3, 0.4) is 0 Å². The molecular formula is C12H14OS. The Morgan fingerprint density at radius 3 is 2.64 bits per heavy atom. The molecule has 74 valence electrons. The number of rotatable bonds is 3. The molecule has 0 aliphatic carbocycles. The molecule has 0 saturated carbocycles. The molecule has 14 heavy (non-hydrogen) atoms. The molecule has 0 radical (unpaired) electrons. The first-order valence-electron chi connectivity index (χ1n) is 4.66. The third-order valence-electron chi connectivity index (χ3n) is 2.04. The fraction of sp³-hybridized carbons (Fsp3) is 0.167. The van der Waals surface area contributed by atoms with Crippen molar-refractivity contribution >= 4 is 11.2 Å². The monoisotopic (exact) mass is 206 g/mol. The average Bonchev–Trinajstić information content (AvgIpc) is 2.63. The minimum atomic E-state index is -0.451. The fourth-order valence-corrected chi connectivity index (χ4v) is 2.70. The van der Waals surface area contributed by atoms with E-state index in [0.717, 1.165) is 0 Å². The molecule has 2 heteroatoms. The second-order valence-corrected chi connectivity index (χ2v) is 4.84. The van der Waals surface area contributed by atoms with Crippen LogP contribution in [-0.4, -0.2) is 0 Å². The molecule has 0 fully saturated rings. The first-order chi connectivity index (χ1) is 6.84. The van der Waals surface area contributed by atoms with E-state index in [1.165, 1.54) is 11.1 Å². The SMILES string of the molecule is CC1=C[SH](OCc2ccccc2)C=C1. The molecule has 2 rings (SSSR count). The van der Waals surface area contributed by atoms with Crippen LogP contribution in [0.1, 0.15) is 12.5 Å². The third-order valence-corrected chi connectivity index (χ3v) is 3.57. The molecule has 1 nitrogen and oxygen atoms in total. The highest BCUT2D eigenvalue weighted by Gasteiger charge is 2.02. The van der Waals surface area contributed by atoms with E-state index in [0.29, 0.717) is 6.61 Å². The Morgan fingerprint density at radius 1 is 1.21 bits per heavy atom. The zero-order chi connectivity index (χ0) is 9.80. The molecule has 0 amide bonds. The fourth-order valence-electron chi connectivity index (χ4n) is 1.28. The first kappa shape index (κ1) is 9.56. The van der Waals surface area contributed by atoms with Crippen molar-refractivity contribution in [1.82, 2.24) is 0 Å². The highest BCUT2D eigenvalue weighted by Crippen LogP contribution is 2.37. The second kappa shape index (κ2) is 4.49. The molecule has 1 atom stereocenters. The summed E-state index contributed by atoms with van der Waals surface area (Å²) in [7, 11) is 0. The van der Waals surface area contributed by atoms with E-state index >= 15 is 0 Å². The van der Waals surface area contributed by atoms with E-state index in [1.807, 2.05) is 18.2 Å². The van der Waals surface area contributed by atoms with E-state index in [-0.39, 0.29) is 0 Å². The van der Waals surface area contributed by atoms with Gasteiger partial charge in [-0.25, -0.2) is 0 Å². The zero-order valence-electron chi connectivity index (χ0n) is 8.18. The highest BCUT2D eigenvalue weighted by atomic mass is 32.2. The summed E-state index contributed by atoms with van der Waals surface area (Å²) in [5, 5.41) is 4.34. The molecule has 1 unspecified atom stereocenters. The first-order valence-corrected chi connectivity index (χ1v) is 6.06. The summed E-state index contributed by atoms with van der Waals surface area (Å²) in [6.07, 6.45) is 2.12. The summed E-state index contributed by atoms with van der Waals surface area (Å²) in [4.78, 5) is 0. The minimum Gasteiger partial charge on any atom is -0.327 e. The van der Waals surface area contributed by atoms with Crippen LogP contribution in [0, 0.1) is 0 Å². The van der Waals surface area contributed by atoms with Crippen molar-refractivity contribution in [3.8, 4) is 0 Å². The van der Waals surface area contributed by atoms with Crippen LogP contribution < -0.4 is 0 Å². The summed E-state index contributed by atoms with van der Waals surface area (Å²) >= 11 is -0.451. The maximum Gasteiger partial charge on any atom is 0.0848 e. The smallest absolute Gasteiger partial charge is 0.0848 e. The Morgan fingerprint density at radius 2 is 2.00 bits per heavy atom. The molecule has 0 bridgehead atoms. The standard InChI is InChI=1S/C12H14OS/c1-11-7-8-14(10-11)13-9-12-5-3-2-4-6-12/h2-8,10,14H,9H2,1H3. The number of thiol groups is 1. The second-order valence-electron chi connectivity index (χ2n) is 3.31. The largest absolute Gasteiger partial charge is 0.327 e. The van der Waals surface area contributed by atoms with Crippen LogP contribution in [0.4, 0.5) is 0 Å². The van der Waals surface area contributed by atoms with Crippen LogP contribution in [-0.2, 0) is 10.8 Å². The van der Waals surface area contributed by atoms with Gasteiger partial charge >= 0.3 is 0 Å². The third kappa shape index (κ3) is 2.50. The van der Waals surface area contributed by atoms with E-state index in [1.54, 1.807) is 0 Å². The molecule has 0 N–H and O–H groups in total. The van der Waals surface area contributed by atoms with Gasteiger partial charge in [-0.1, -0.05) is 36.4 Å². The highest BCUT2D eigenvalue weighted by molar-refractivity contribution is 8.18. The van der Waals surface area contributed by atoms with Crippen LogP contribution in [0.25, 0.3) is 0 Å². The number of hydrogen-bond acceptors (Lipinski definition) is 1. The summed E-state index contributed by atoms with van der Waals surface area (Å²) in [6, 6.07) is 10.3. The van der Waals surface area contributed by atoms with Gasteiger partial charge in [-0.2, -0.15) is 0 Å². The van der Waals surface area contributed by atoms with Gasteiger partial charge in [-0.05, 0) is 28.9 Å². The number of hydrogen-bond donors (Lipinski definition) is 1. The molecule has 1 aromatic carbocycles.